The van der Waals surface area contributed by atoms with Gasteiger partial charge in [0.15, 0.2) is 0 Å². The first-order chi connectivity index (χ1) is 6.53. The summed E-state index contributed by atoms with van der Waals surface area (Å²) in [5.41, 5.74) is -2.88. The topological polar surface area (TPSA) is 17.1 Å². The van der Waals surface area contributed by atoms with Crippen LogP contribution in [0.5, 0.6) is 0 Å². The molecule has 0 aromatic carbocycles. The molecule has 88 valence electrons. The Bertz CT molecular complexity index is 282. The smallest absolute Gasteiger partial charge is 0.261 e. The Morgan fingerprint density at radius 1 is 1.27 bits per heavy atom. The molecule has 0 radical (unpaired) electrons. The lowest BCUT2D eigenvalue weighted by atomic mass is 9.66. The Hall–Kier alpha value is -0.610. The average molecular weight is 226 g/mol. The van der Waals surface area contributed by atoms with Crippen LogP contribution in [0, 0.1) is 16.7 Å². The van der Waals surface area contributed by atoms with E-state index in [2.05, 4.69) is 0 Å². The first-order valence-corrected chi connectivity index (χ1v) is 4.80. The minimum atomic E-state index is -4.36. The molecule has 1 aliphatic rings. The molecule has 0 saturated heterocycles. The third kappa shape index (κ3) is 1.66. The van der Waals surface area contributed by atoms with Crippen molar-refractivity contribution in [3.63, 3.8) is 0 Å². The number of carbonyl (C=O) groups excluding carboxylic acids is 1. The van der Waals surface area contributed by atoms with Gasteiger partial charge in [-0.05, 0) is 25.2 Å². The van der Waals surface area contributed by atoms with Crippen LogP contribution in [0.3, 0.4) is 0 Å². The Kier molecular flexibility index (Phi) is 2.65. The predicted molar refractivity (Wildman–Crippen MR) is 46.8 cm³/mol. The normalized spacial score (nSPS) is 35.5. The van der Waals surface area contributed by atoms with Crippen molar-refractivity contribution < 1.29 is 22.4 Å². The van der Waals surface area contributed by atoms with Crippen molar-refractivity contribution in [2.45, 2.75) is 39.8 Å². The van der Waals surface area contributed by atoms with Crippen LogP contribution >= 0.6 is 0 Å². The van der Waals surface area contributed by atoms with Crippen LogP contribution in [-0.2, 0) is 4.79 Å². The molecule has 1 rings (SSSR count). The van der Waals surface area contributed by atoms with Crippen LogP contribution in [0.4, 0.5) is 17.6 Å². The summed E-state index contributed by atoms with van der Waals surface area (Å²) in [6.07, 6.45) is -4.58. The lowest BCUT2D eigenvalue weighted by Gasteiger charge is -2.38. The molecule has 1 saturated carbocycles. The highest BCUT2D eigenvalue weighted by Gasteiger charge is 2.63. The summed E-state index contributed by atoms with van der Waals surface area (Å²) in [5.74, 6) is -1.60. The van der Waals surface area contributed by atoms with Crippen molar-refractivity contribution in [1.29, 1.82) is 0 Å². The van der Waals surface area contributed by atoms with Gasteiger partial charge < -0.3 is 0 Å². The maximum absolute atomic E-state index is 12.8. The van der Waals surface area contributed by atoms with Gasteiger partial charge in [0.2, 0.25) is 0 Å². The predicted octanol–water partition coefficient (Wildman–Crippen LogP) is 3.49. The molecule has 1 aliphatic carbocycles. The van der Waals surface area contributed by atoms with Gasteiger partial charge in [-0.25, -0.2) is 0 Å². The molecular formula is C10H14F4O. The van der Waals surface area contributed by atoms with Gasteiger partial charge in [-0.1, -0.05) is 13.8 Å². The van der Waals surface area contributed by atoms with Crippen LogP contribution < -0.4 is 0 Å². The molecule has 0 N–H and O–H groups in total. The summed E-state index contributed by atoms with van der Waals surface area (Å²) in [6.45, 7) is 3.91. The van der Waals surface area contributed by atoms with E-state index in [-0.39, 0.29) is 12.8 Å². The third-order valence-corrected chi connectivity index (χ3v) is 4.06. The van der Waals surface area contributed by atoms with Crippen LogP contribution in [-0.4, -0.2) is 12.2 Å². The fourth-order valence-corrected chi connectivity index (χ4v) is 2.42. The van der Waals surface area contributed by atoms with Gasteiger partial charge in [0, 0.05) is 0 Å². The summed E-state index contributed by atoms with van der Waals surface area (Å²) in [5, 5.41) is 0. The molecule has 1 fully saturated rings. The summed E-state index contributed by atoms with van der Waals surface area (Å²) >= 11 is 0. The average Bonchev–Trinajstić information content (AvgIpc) is 2.23. The molecule has 0 amide bonds. The number of alkyl halides is 3. The Balaban J connectivity index is 3.10. The monoisotopic (exact) mass is 226 g/mol. The molecule has 0 bridgehead atoms. The number of rotatable bonds is 1. The van der Waals surface area contributed by atoms with E-state index in [4.69, 9.17) is 0 Å². The van der Waals surface area contributed by atoms with E-state index in [0.29, 0.717) is 0 Å². The zero-order chi connectivity index (χ0) is 12.1. The van der Waals surface area contributed by atoms with Gasteiger partial charge in [0.1, 0.15) is 0 Å². The minimum absolute atomic E-state index is 0.0422. The summed E-state index contributed by atoms with van der Waals surface area (Å²) < 4.78 is 50.7. The van der Waals surface area contributed by atoms with Gasteiger partial charge in [0.05, 0.1) is 11.3 Å². The molecule has 0 spiro atoms. The molecular weight excluding hydrogens is 212 g/mol. The number of carbonyl (C=O) groups is 1. The third-order valence-electron chi connectivity index (χ3n) is 4.06. The summed E-state index contributed by atoms with van der Waals surface area (Å²) in [4.78, 5) is 10.8. The van der Waals surface area contributed by atoms with E-state index in [1.165, 1.54) is 20.8 Å². The molecule has 2 atom stereocenters. The highest BCUT2D eigenvalue weighted by Crippen LogP contribution is 2.60. The standard InChI is InChI=1S/C10H14F4O/c1-8(2)6(10(12,13)14)4-5-9(8,3)7(11)15/h6H,4-5H2,1-3H3/t6-,9-/m0/s1. The van der Waals surface area contributed by atoms with Gasteiger partial charge in [0.25, 0.3) is 0 Å². The second-order valence-corrected chi connectivity index (χ2v) is 4.96. The van der Waals surface area contributed by atoms with Crippen LogP contribution in [0.1, 0.15) is 33.6 Å². The first kappa shape index (κ1) is 12.5. The fourth-order valence-electron chi connectivity index (χ4n) is 2.42. The molecule has 1 nitrogen and oxygen atoms in total. The fraction of sp³-hybridized carbons (Fsp3) is 0.900. The highest BCUT2D eigenvalue weighted by atomic mass is 19.4. The van der Waals surface area contributed by atoms with E-state index in [1.54, 1.807) is 0 Å². The second-order valence-electron chi connectivity index (χ2n) is 4.96. The van der Waals surface area contributed by atoms with Crippen molar-refractivity contribution in [3.05, 3.63) is 0 Å². The quantitative estimate of drug-likeness (QED) is 0.494. The van der Waals surface area contributed by atoms with Crippen molar-refractivity contribution in [3.8, 4) is 0 Å². The van der Waals surface area contributed by atoms with E-state index >= 15 is 0 Å². The zero-order valence-corrected chi connectivity index (χ0v) is 8.91. The summed E-state index contributed by atoms with van der Waals surface area (Å²) in [6, 6.07) is -1.64. The van der Waals surface area contributed by atoms with E-state index in [9.17, 15) is 22.4 Å². The molecule has 0 unspecified atom stereocenters. The van der Waals surface area contributed by atoms with E-state index in [0.717, 1.165) is 0 Å². The van der Waals surface area contributed by atoms with Crippen molar-refractivity contribution in [2.24, 2.45) is 16.7 Å². The molecule has 0 aliphatic heterocycles. The van der Waals surface area contributed by atoms with Gasteiger partial charge in [-0.2, -0.15) is 17.6 Å². The maximum Gasteiger partial charge on any atom is 0.392 e. The number of hydrogen-bond acceptors (Lipinski definition) is 1. The SMILES string of the molecule is CC1(C)[C@@H](C(F)(F)F)CC[C@@]1(C)C(=O)F. The van der Waals surface area contributed by atoms with Gasteiger partial charge >= 0.3 is 12.2 Å². The molecule has 0 aromatic heterocycles. The minimum Gasteiger partial charge on any atom is -0.261 e. The number of halogens is 4. The Labute approximate surface area is 85.8 Å². The Morgan fingerprint density at radius 3 is 1.93 bits per heavy atom. The summed E-state index contributed by atoms with van der Waals surface area (Å²) in [7, 11) is 0. The number of hydrogen-bond donors (Lipinski definition) is 0. The van der Waals surface area contributed by atoms with Crippen LogP contribution in [0.25, 0.3) is 0 Å². The zero-order valence-electron chi connectivity index (χ0n) is 8.91. The van der Waals surface area contributed by atoms with E-state index in [1.807, 2.05) is 0 Å². The molecule has 15 heavy (non-hydrogen) atoms. The van der Waals surface area contributed by atoms with Crippen LogP contribution in [0.15, 0.2) is 0 Å². The maximum atomic E-state index is 12.8. The molecule has 0 heterocycles. The molecule has 0 aromatic rings. The first-order valence-electron chi connectivity index (χ1n) is 4.80. The van der Waals surface area contributed by atoms with Crippen molar-refractivity contribution in [1.82, 2.24) is 0 Å². The largest absolute Gasteiger partial charge is 0.392 e. The van der Waals surface area contributed by atoms with Crippen molar-refractivity contribution in [2.75, 3.05) is 0 Å². The molecule has 5 heteroatoms. The van der Waals surface area contributed by atoms with Crippen molar-refractivity contribution >= 4 is 6.04 Å². The van der Waals surface area contributed by atoms with Crippen LogP contribution in [0.2, 0.25) is 0 Å². The van der Waals surface area contributed by atoms with E-state index < -0.39 is 29.0 Å². The second kappa shape index (κ2) is 3.19. The highest BCUT2D eigenvalue weighted by molar-refractivity contribution is 5.76. The Morgan fingerprint density at radius 2 is 1.73 bits per heavy atom. The lowest BCUT2D eigenvalue weighted by Crippen LogP contribution is -2.43. The van der Waals surface area contributed by atoms with Gasteiger partial charge in [-0.3, -0.25) is 4.79 Å². The lowest BCUT2D eigenvalue weighted by molar-refractivity contribution is -0.205. The van der Waals surface area contributed by atoms with Gasteiger partial charge in [-0.15, -0.1) is 0 Å².